The third-order valence-electron chi connectivity index (χ3n) is 4.87. The predicted molar refractivity (Wildman–Crippen MR) is 118 cm³/mol. The Kier molecular flexibility index (Phi) is 8.84. The molecule has 0 saturated carbocycles. The number of phenols is 1. The monoisotopic (exact) mass is 403 g/mol. The molecule has 5 heteroatoms. The summed E-state index contributed by atoms with van der Waals surface area (Å²) < 4.78 is 26.0. The molecule has 0 amide bonds. The standard InChI is InChI=1S/C23H33NO3S/c1-3-5-6-7-10-19-11-8-12-20(15-19)13-9-14-21-16-22(18-23(25)17-21)24-28(26,27)4-2/h8,11-12,15-18,24-25H,3-7,9-10,13-14H2,1-2H3. The van der Waals surface area contributed by atoms with Gasteiger partial charge in [0.05, 0.1) is 11.4 Å². The van der Waals surface area contributed by atoms with E-state index in [-0.39, 0.29) is 11.5 Å². The predicted octanol–water partition coefficient (Wildman–Crippen LogP) is 5.45. The van der Waals surface area contributed by atoms with E-state index in [0.29, 0.717) is 5.69 Å². The molecule has 0 aliphatic carbocycles. The molecule has 2 aromatic rings. The van der Waals surface area contributed by atoms with Crippen LogP contribution in [0.15, 0.2) is 42.5 Å². The van der Waals surface area contributed by atoms with Gasteiger partial charge >= 0.3 is 0 Å². The molecule has 0 aromatic heterocycles. The van der Waals surface area contributed by atoms with E-state index in [1.54, 1.807) is 19.1 Å². The lowest BCUT2D eigenvalue weighted by molar-refractivity contribution is 0.475. The number of benzene rings is 2. The summed E-state index contributed by atoms with van der Waals surface area (Å²) in [6.07, 6.45) is 8.95. The third kappa shape index (κ3) is 7.93. The maximum Gasteiger partial charge on any atom is 0.232 e. The van der Waals surface area contributed by atoms with E-state index < -0.39 is 10.0 Å². The van der Waals surface area contributed by atoms with Crippen molar-refractivity contribution in [2.75, 3.05) is 10.5 Å². The smallest absolute Gasteiger partial charge is 0.232 e. The first-order valence-electron chi connectivity index (χ1n) is 10.3. The first kappa shape index (κ1) is 22.3. The second-order valence-electron chi connectivity index (χ2n) is 7.38. The molecule has 0 saturated heterocycles. The molecule has 4 nitrogen and oxygen atoms in total. The van der Waals surface area contributed by atoms with Gasteiger partial charge in [0.25, 0.3) is 0 Å². The Hall–Kier alpha value is -2.01. The maximum absolute atomic E-state index is 11.7. The molecule has 2 N–H and O–H groups in total. The van der Waals surface area contributed by atoms with Crippen molar-refractivity contribution >= 4 is 15.7 Å². The van der Waals surface area contributed by atoms with Crippen LogP contribution in [0.4, 0.5) is 5.69 Å². The van der Waals surface area contributed by atoms with Crippen molar-refractivity contribution in [1.82, 2.24) is 0 Å². The summed E-state index contributed by atoms with van der Waals surface area (Å²) in [5.74, 6) is 0.0904. The SMILES string of the molecule is CCCCCCc1cccc(CCCc2cc(O)cc(NS(=O)(=O)CC)c2)c1. The molecule has 0 spiro atoms. The van der Waals surface area contributed by atoms with Crippen molar-refractivity contribution in [2.24, 2.45) is 0 Å². The summed E-state index contributed by atoms with van der Waals surface area (Å²) in [6.45, 7) is 3.82. The third-order valence-corrected chi connectivity index (χ3v) is 6.18. The molecule has 154 valence electrons. The van der Waals surface area contributed by atoms with E-state index in [9.17, 15) is 13.5 Å². The zero-order valence-electron chi connectivity index (χ0n) is 17.1. The Morgan fingerprint density at radius 1 is 0.821 bits per heavy atom. The number of sulfonamides is 1. The summed E-state index contributed by atoms with van der Waals surface area (Å²) in [5.41, 5.74) is 4.10. The van der Waals surface area contributed by atoms with E-state index in [1.807, 2.05) is 0 Å². The van der Waals surface area contributed by atoms with E-state index in [1.165, 1.54) is 42.9 Å². The van der Waals surface area contributed by atoms with Gasteiger partial charge in [0.15, 0.2) is 0 Å². The van der Waals surface area contributed by atoms with Gasteiger partial charge in [-0.2, -0.15) is 0 Å². The highest BCUT2D eigenvalue weighted by Gasteiger charge is 2.09. The lowest BCUT2D eigenvalue weighted by Gasteiger charge is -2.10. The molecule has 0 radical (unpaired) electrons. The zero-order chi connectivity index (χ0) is 20.4. The molecule has 0 aliphatic rings. The van der Waals surface area contributed by atoms with Crippen LogP contribution < -0.4 is 4.72 Å². The first-order valence-corrected chi connectivity index (χ1v) is 12.0. The molecule has 0 atom stereocenters. The minimum absolute atomic E-state index is 0.00672. The molecule has 28 heavy (non-hydrogen) atoms. The Bertz CT molecular complexity index is 847. The second kappa shape index (κ2) is 11.1. The lowest BCUT2D eigenvalue weighted by atomic mass is 10.00. The zero-order valence-corrected chi connectivity index (χ0v) is 17.9. The highest BCUT2D eigenvalue weighted by atomic mass is 32.2. The Labute approximate surface area is 170 Å². The fourth-order valence-electron chi connectivity index (χ4n) is 3.32. The van der Waals surface area contributed by atoms with Gasteiger partial charge in [-0.1, -0.05) is 50.5 Å². The molecular weight excluding hydrogens is 370 g/mol. The van der Waals surface area contributed by atoms with Crippen molar-refractivity contribution in [3.05, 3.63) is 59.2 Å². The average molecular weight is 404 g/mol. The Morgan fingerprint density at radius 2 is 1.50 bits per heavy atom. The van der Waals surface area contributed by atoms with Crippen LogP contribution in [0.25, 0.3) is 0 Å². The molecule has 2 aromatic carbocycles. The van der Waals surface area contributed by atoms with Crippen molar-refractivity contribution in [3.8, 4) is 5.75 Å². The highest BCUT2D eigenvalue weighted by molar-refractivity contribution is 7.92. The van der Waals surface area contributed by atoms with E-state index in [4.69, 9.17) is 0 Å². The molecule has 0 heterocycles. The number of aromatic hydroxyl groups is 1. The van der Waals surface area contributed by atoms with Crippen molar-refractivity contribution < 1.29 is 13.5 Å². The minimum Gasteiger partial charge on any atom is -0.508 e. The van der Waals surface area contributed by atoms with Crippen LogP contribution >= 0.6 is 0 Å². The van der Waals surface area contributed by atoms with Gasteiger partial charge in [0, 0.05) is 6.07 Å². The number of phenolic OH excluding ortho intramolecular Hbond substituents is 1. The summed E-state index contributed by atoms with van der Waals surface area (Å²) in [4.78, 5) is 0. The van der Waals surface area contributed by atoms with Crippen LogP contribution in [0.1, 0.15) is 62.6 Å². The number of nitrogens with one attached hydrogen (secondary N) is 1. The largest absolute Gasteiger partial charge is 0.508 e. The summed E-state index contributed by atoms with van der Waals surface area (Å²) >= 11 is 0. The van der Waals surface area contributed by atoms with Crippen molar-refractivity contribution in [2.45, 2.75) is 65.2 Å². The van der Waals surface area contributed by atoms with Crippen LogP contribution in [-0.4, -0.2) is 19.3 Å². The molecule has 0 unspecified atom stereocenters. The van der Waals surface area contributed by atoms with Gasteiger partial charge < -0.3 is 5.11 Å². The van der Waals surface area contributed by atoms with Gasteiger partial charge in [0.2, 0.25) is 10.0 Å². The fourth-order valence-corrected chi connectivity index (χ4v) is 3.94. The molecule has 0 aliphatic heterocycles. The fraction of sp³-hybridized carbons (Fsp3) is 0.478. The van der Waals surface area contributed by atoms with E-state index in [0.717, 1.165) is 31.2 Å². The van der Waals surface area contributed by atoms with Gasteiger partial charge in [-0.25, -0.2) is 8.42 Å². The van der Waals surface area contributed by atoms with Crippen LogP contribution in [0.5, 0.6) is 5.75 Å². The number of unbranched alkanes of at least 4 members (excludes halogenated alkanes) is 3. The van der Waals surface area contributed by atoms with Crippen LogP contribution in [-0.2, 0) is 29.3 Å². The van der Waals surface area contributed by atoms with Crippen molar-refractivity contribution in [3.63, 3.8) is 0 Å². The first-order chi connectivity index (χ1) is 13.4. The molecule has 2 rings (SSSR count). The Morgan fingerprint density at radius 3 is 2.18 bits per heavy atom. The molecular formula is C23H33NO3S. The maximum atomic E-state index is 11.7. The van der Waals surface area contributed by atoms with E-state index in [2.05, 4.69) is 35.9 Å². The quantitative estimate of drug-likeness (QED) is 0.463. The van der Waals surface area contributed by atoms with Gasteiger partial charge in [-0.15, -0.1) is 0 Å². The number of hydrogen-bond donors (Lipinski definition) is 2. The normalized spacial score (nSPS) is 11.5. The van der Waals surface area contributed by atoms with Crippen LogP contribution in [0, 0.1) is 0 Å². The molecule has 0 fully saturated rings. The van der Waals surface area contributed by atoms with Gasteiger partial charge in [-0.3, -0.25) is 4.72 Å². The minimum atomic E-state index is -3.35. The van der Waals surface area contributed by atoms with Crippen molar-refractivity contribution in [1.29, 1.82) is 0 Å². The van der Waals surface area contributed by atoms with Gasteiger partial charge in [-0.05, 0) is 67.9 Å². The Balaban J connectivity index is 1.90. The number of anilines is 1. The lowest BCUT2D eigenvalue weighted by Crippen LogP contribution is -2.14. The average Bonchev–Trinajstić information content (AvgIpc) is 2.65. The van der Waals surface area contributed by atoms with Gasteiger partial charge in [0.1, 0.15) is 5.75 Å². The molecule has 0 bridgehead atoms. The number of hydrogen-bond acceptors (Lipinski definition) is 3. The summed E-state index contributed by atoms with van der Waals surface area (Å²) in [7, 11) is -3.35. The number of rotatable bonds is 12. The second-order valence-corrected chi connectivity index (χ2v) is 9.39. The topological polar surface area (TPSA) is 66.4 Å². The number of aryl methyl sites for hydroxylation is 3. The van der Waals surface area contributed by atoms with Crippen LogP contribution in [0.3, 0.4) is 0 Å². The van der Waals surface area contributed by atoms with Crippen LogP contribution in [0.2, 0.25) is 0 Å². The summed E-state index contributed by atoms with van der Waals surface area (Å²) in [6, 6.07) is 13.8. The highest BCUT2D eigenvalue weighted by Crippen LogP contribution is 2.22. The van der Waals surface area contributed by atoms with E-state index >= 15 is 0 Å². The summed E-state index contributed by atoms with van der Waals surface area (Å²) in [5, 5.41) is 9.90.